The monoisotopic (exact) mass is 388 g/mol. The van der Waals surface area contributed by atoms with Gasteiger partial charge in [0.1, 0.15) is 5.75 Å². The number of rotatable bonds is 6. The number of halogens is 1. The lowest BCUT2D eigenvalue weighted by atomic mass is 10.00. The van der Waals surface area contributed by atoms with Crippen molar-refractivity contribution in [1.29, 1.82) is 0 Å². The van der Waals surface area contributed by atoms with Crippen LogP contribution < -0.4 is 9.04 Å². The van der Waals surface area contributed by atoms with E-state index in [0.29, 0.717) is 22.4 Å². The van der Waals surface area contributed by atoms with Crippen LogP contribution in [0.5, 0.6) is 5.75 Å². The molecule has 1 aromatic rings. The summed E-state index contributed by atoms with van der Waals surface area (Å²) in [7, 11) is -2.11. The quantitative estimate of drug-likeness (QED) is 0.751. The molecule has 0 aromatic heterocycles. The number of sulfonamides is 1. The molecule has 0 bridgehead atoms. The minimum Gasteiger partial charge on any atom is -0.495 e. The Balaban J connectivity index is 2.17. The lowest BCUT2D eigenvalue weighted by molar-refractivity contribution is -0.132. The number of anilines is 1. The molecule has 1 heterocycles. The van der Waals surface area contributed by atoms with E-state index in [2.05, 4.69) is 6.92 Å². The maximum atomic E-state index is 12.5. The van der Waals surface area contributed by atoms with E-state index >= 15 is 0 Å². The Kier molecular flexibility index (Phi) is 6.57. The van der Waals surface area contributed by atoms with Gasteiger partial charge in [0.25, 0.3) is 0 Å². The molecule has 1 amide bonds. The zero-order valence-corrected chi connectivity index (χ0v) is 16.4. The SMILES string of the molecule is COc1ccc(Cl)cc1N(CCC(=O)N1CCCC(C)C1)S(C)(=O)=O. The van der Waals surface area contributed by atoms with Crippen molar-refractivity contribution < 1.29 is 17.9 Å². The second kappa shape index (κ2) is 8.27. The van der Waals surface area contributed by atoms with Gasteiger partial charge in [-0.05, 0) is 37.0 Å². The second-order valence-electron chi connectivity index (χ2n) is 6.49. The van der Waals surface area contributed by atoms with Gasteiger partial charge in [-0.1, -0.05) is 18.5 Å². The highest BCUT2D eigenvalue weighted by Gasteiger charge is 2.25. The summed E-state index contributed by atoms with van der Waals surface area (Å²) in [5.74, 6) is 0.854. The molecule has 140 valence electrons. The molecule has 1 atom stereocenters. The van der Waals surface area contributed by atoms with Gasteiger partial charge in [0.05, 0.1) is 19.1 Å². The van der Waals surface area contributed by atoms with Crippen molar-refractivity contribution in [2.45, 2.75) is 26.2 Å². The third-order valence-corrected chi connectivity index (χ3v) is 5.76. The first-order valence-electron chi connectivity index (χ1n) is 8.31. The van der Waals surface area contributed by atoms with Crippen molar-refractivity contribution in [1.82, 2.24) is 4.90 Å². The van der Waals surface area contributed by atoms with E-state index in [1.54, 1.807) is 12.1 Å². The average Bonchev–Trinajstić information content (AvgIpc) is 2.54. The Morgan fingerprint density at radius 1 is 1.44 bits per heavy atom. The maximum Gasteiger partial charge on any atom is 0.232 e. The van der Waals surface area contributed by atoms with Gasteiger partial charge in [-0.25, -0.2) is 8.42 Å². The van der Waals surface area contributed by atoms with E-state index in [1.165, 1.54) is 17.5 Å². The molecular formula is C17H25ClN2O4S. The van der Waals surface area contributed by atoms with Crippen molar-refractivity contribution in [2.24, 2.45) is 5.92 Å². The number of amides is 1. The van der Waals surface area contributed by atoms with Crippen LogP contribution >= 0.6 is 11.6 Å². The number of hydrogen-bond donors (Lipinski definition) is 0. The Labute approximate surface area is 154 Å². The number of ether oxygens (including phenoxy) is 1. The maximum absolute atomic E-state index is 12.5. The third-order valence-electron chi connectivity index (χ3n) is 4.35. The van der Waals surface area contributed by atoms with Gasteiger partial charge in [0.2, 0.25) is 15.9 Å². The Hall–Kier alpha value is -1.47. The molecule has 1 aliphatic rings. The van der Waals surface area contributed by atoms with E-state index in [4.69, 9.17) is 16.3 Å². The molecule has 1 saturated heterocycles. The number of methoxy groups -OCH3 is 1. The van der Waals surface area contributed by atoms with Crippen molar-refractivity contribution in [3.05, 3.63) is 23.2 Å². The lowest BCUT2D eigenvalue weighted by Crippen LogP contribution is -2.41. The smallest absolute Gasteiger partial charge is 0.232 e. The largest absolute Gasteiger partial charge is 0.495 e. The van der Waals surface area contributed by atoms with Gasteiger partial charge in [0.15, 0.2) is 0 Å². The lowest BCUT2D eigenvalue weighted by Gasteiger charge is -2.32. The molecule has 0 N–H and O–H groups in total. The molecule has 0 spiro atoms. The Bertz CT molecular complexity index is 723. The fourth-order valence-corrected chi connectivity index (χ4v) is 4.18. The van der Waals surface area contributed by atoms with Crippen LogP contribution in [-0.2, 0) is 14.8 Å². The number of carbonyl (C=O) groups is 1. The first kappa shape index (κ1) is 19.8. The van der Waals surface area contributed by atoms with Crippen LogP contribution in [0.4, 0.5) is 5.69 Å². The number of carbonyl (C=O) groups excluding carboxylic acids is 1. The summed E-state index contributed by atoms with van der Waals surface area (Å²) in [5.41, 5.74) is 0.345. The molecule has 1 unspecified atom stereocenters. The van der Waals surface area contributed by atoms with Gasteiger partial charge in [-0.15, -0.1) is 0 Å². The molecule has 8 heteroatoms. The summed E-state index contributed by atoms with van der Waals surface area (Å²) < 4.78 is 30.9. The predicted molar refractivity (Wildman–Crippen MR) is 99.8 cm³/mol. The predicted octanol–water partition coefficient (Wildman–Crippen LogP) is 2.76. The molecule has 2 rings (SSSR count). The van der Waals surface area contributed by atoms with Crippen LogP contribution in [0.2, 0.25) is 5.02 Å². The van der Waals surface area contributed by atoms with E-state index in [0.717, 1.165) is 32.2 Å². The number of nitrogens with zero attached hydrogens (tertiary/aromatic N) is 2. The highest BCUT2D eigenvalue weighted by Crippen LogP contribution is 2.33. The van der Waals surface area contributed by atoms with Crippen molar-refractivity contribution >= 4 is 33.2 Å². The minimum atomic E-state index is -3.58. The fourth-order valence-electron chi connectivity index (χ4n) is 3.09. The normalized spacial score (nSPS) is 18.1. The van der Waals surface area contributed by atoms with Crippen molar-refractivity contribution in [3.63, 3.8) is 0 Å². The zero-order chi connectivity index (χ0) is 18.6. The van der Waals surface area contributed by atoms with Crippen LogP contribution in [-0.4, -0.2) is 52.2 Å². The van der Waals surface area contributed by atoms with Crippen LogP contribution in [0.1, 0.15) is 26.2 Å². The van der Waals surface area contributed by atoms with E-state index < -0.39 is 10.0 Å². The first-order valence-corrected chi connectivity index (χ1v) is 10.5. The summed E-state index contributed by atoms with van der Waals surface area (Å²) >= 11 is 6.02. The first-order chi connectivity index (χ1) is 11.7. The topological polar surface area (TPSA) is 66.9 Å². The molecule has 0 saturated carbocycles. The zero-order valence-electron chi connectivity index (χ0n) is 14.9. The highest BCUT2D eigenvalue weighted by atomic mass is 35.5. The van der Waals surface area contributed by atoms with Crippen molar-refractivity contribution in [3.8, 4) is 5.75 Å². The molecule has 25 heavy (non-hydrogen) atoms. The molecular weight excluding hydrogens is 364 g/mol. The van der Waals surface area contributed by atoms with Crippen LogP contribution in [0, 0.1) is 5.92 Å². The van der Waals surface area contributed by atoms with Crippen LogP contribution in [0.25, 0.3) is 0 Å². The van der Waals surface area contributed by atoms with Gasteiger partial charge in [-0.2, -0.15) is 0 Å². The molecule has 1 fully saturated rings. The molecule has 1 aliphatic heterocycles. The number of benzene rings is 1. The van der Waals surface area contributed by atoms with Crippen LogP contribution in [0.15, 0.2) is 18.2 Å². The van der Waals surface area contributed by atoms with Gasteiger partial charge in [0, 0.05) is 31.1 Å². The average molecular weight is 389 g/mol. The number of likely N-dealkylation sites (tertiary alicyclic amines) is 1. The van der Waals surface area contributed by atoms with Crippen molar-refractivity contribution in [2.75, 3.05) is 37.3 Å². The number of hydrogen-bond acceptors (Lipinski definition) is 4. The minimum absolute atomic E-state index is 0.0267. The fraction of sp³-hybridized carbons (Fsp3) is 0.588. The van der Waals surface area contributed by atoms with Gasteiger partial charge < -0.3 is 9.64 Å². The number of piperidine rings is 1. The summed E-state index contributed by atoms with van der Waals surface area (Å²) in [6.07, 6.45) is 3.35. The summed E-state index contributed by atoms with van der Waals surface area (Å²) in [6, 6.07) is 4.78. The van der Waals surface area contributed by atoms with Gasteiger partial charge >= 0.3 is 0 Å². The van der Waals surface area contributed by atoms with E-state index in [-0.39, 0.29) is 18.9 Å². The summed E-state index contributed by atoms with van der Waals surface area (Å²) in [5, 5.41) is 0.403. The summed E-state index contributed by atoms with van der Waals surface area (Å²) in [6.45, 7) is 3.65. The third kappa shape index (κ3) is 5.25. The Morgan fingerprint density at radius 2 is 2.16 bits per heavy atom. The molecule has 0 radical (unpaired) electrons. The molecule has 6 nitrogen and oxygen atoms in total. The summed E-state index contributed by atoms with van der Waals surface area (Å²) in [4.78, 5) is 14.3. The molecule has 1 aromatic carbocycles. The standard InChI is InChI=1S/C17H25ClN2O4S/c1-13-5-4-9-19(12-13)17(21)8-10-20(25(3,22)23)15-11-14(18)6-7-16(15)24-2/h6-7,11,13H,4-5,8-10,12H2,1-3H3. The van der Waals surface area contributed by atoms with Gasteiger partial charge in [-0.3, -0.25) is 9.10 Å². The second-order valence-corrected chi connectivity index (χ2v) is 8.83. The molecule has 0 aliphatic carbocycles. The van der Waals surface area contributed by atoms with E-state index in [1.807, 2.05) is 4.90 Å². The van der Waals surface area contributed by atoms with E-state index in [9.17, 15) is 13.2 Å². The highest BCUT2D eigenvalue weighted by molar-refractivity contribution is 7.92. The van der Waals surface area contributed by atoms with Crippen LogP contribution in [0.3, 0.4) is 0 Å². The Morgan fingerprint density at radius 3 is 2.76 bits per heavy atom.